The molecule has 1 N–H and O–H groups in total. The quantitative estimate of drug-likeness (QED) is 0.747. The molecule has 1 aromatic heterocycles. The van der Waals surface area contributed by atoms with Crippen molar-refractivity contribution in [2.75, 3.05) is 13.1 Å². The standard InChI is InChI=1S/C10H18N4O/c1-8-5-14(4-3-10(8)15)7-9-6-13(2)12-11-9/h6,8,10,15H,3-5,7H2,1-2H3. The molecule has 5 nitrogen and oxygen atoms in total. The lowest BCUT2D eigenvalue weighted by molar-refractivity contribution is 0.0315. The first-order valence-electron chi connectivity index (χ1n) is 5.41. The molecule has 0 saturated carbocycles. The van der Waals surface area contributed by atoms with Gasteiger partial charge < -0.3 is 5.11 Å². The van der Waals surface area contributed by atoms with Gasteiger partial charge in [0.05, 0.1) is 11.8 Å². The molecule has 0 bridgehead atoms. The molecule has 2 unspecified atom stereocenters. The molecule has 2 heterocycles. The van der Waals surface area contributed by atoms with Gasteiger partial charge in [0.25, 0.3) is 0 Å². The lowest BCUT2D eigenvalue weighted by Crippen LogP contribution is -2.41. The van der Waals surface area contributed by atoms with E-state index in [1.54, 1.807) is 4.68 Å². The van der Waals surface area contributed by atoms with Gasteiger partial charge in [-0.3, -0.25) is 9.58 Å². The third kappa shape index (κ3) is 2.54. The summed E-state index contributed by atoms with van der Waals surface area (Å²) in [4.78, 5) is 2.32. The Morgan fingerprint density at radius 3 is 3.00 bits per heavy atom. The predicted molar refractivity (Wildman–Crippen MR) is 56.1 cm³/mol. The summed E-state index contributed by atoms with van der Waals surface area (Å²) in [6, 6.07) is 0. The molecule has 5 heteroatoms. The van der Waals surface area contributed by atoms with Crippen molar-refractivity contribution >= 4 is 0 Å². The Labute approximate surface area is 89.7 Å². The Bertz CT molecular complexity index is 325. The number of rotatable bonds is 2. The van der Waals surface area contributed by atoms with Crippen molar-refractivity contribution in [1.82, 2.24) is 19.9 Å². The molecule has 1 fully saturated rings. The van der Waals surface area contributed by atoms with Crippen LogP contribution in [0.3, 0.4) is 0 Å². The minimum absolute atomic E-state index is 0.136. The topological polar surface area (TPSA) is 54.2 Å². The molecule has 1 saturated heterocycles. The molecule has 0 spiro atoms. The summed E-state index contributed by atoms with van der Waals surface area (Å²) in [7, 11) is 1.87. The number of aliphatic hydroxyl groups is 1. The maximum Gasteiger partial charge on any atom is 0.0967 e. The van der Waals surface area contributed by atoms with Crippen LogP contribution in [0, 0.1) is 5.92 Å². The van der Waals surface area contributed by atoms with Gasteiger partial charge in [-0.15, -0.1) is 5.10 Å². The van der Waals surface area contributed by atoms with E-state index in [1.807, 2.05) is 13.2 Å². The van der Waals surface area contributed by atoms with Crippen molar-refractivity contribution in [3.05, 3.63) is 11.9 Å². The summed E-state index contributed by atoms with van der Waals surface area (Å²) in [6.45, 7) is 4.82. The van der Waals surface area contributed by atoms with Crippen molar-refractivity contribution in [2.24, 2.45) is 13.0 Å². The average molecular weight is 210 g/mol. The number of aromatic nitrogens is 3. The number of hydrogen-bond acceptors (Lipinski definition) is 4. The summed E-state index contributed by atoms with van der Waals surface area (Å²) in [6.07, 6.45) is 2.67. The van der Waals surface area contributed by atoms with Crippen molar-refractivity contribution in [1.29, 1.82) is 0 Å². The van der Waals surface area contributed by atoms with Crippen LogP contribution in [0.2, 0.25) is 0 Å². The first-order chi connectivity index (χ1) is 7.15. The molecule has 0 aliphatic carbocycles. The zero-order chi connectivity index (χ0) is 10.8. The van der Waals surface area contributed by atoms with Gasteiger partial charge >= 0.3 is 0 Å². The second-order valence-corrected chi connectivity index (χ2v) is 4.45. The molecule has 84 valence electrons. The van der Waals surface area contributed by atoms with E-state index in [9.17, 15) is 5.11 Å². The maximum absolute atomic E-state index is 9.61. The molecule has 0 aromatic carbocycles. The lowest BCUT2D eigenvalue weighted by Gasteiger charge is -2.33. The first-order valence-corrected chi connectivity index (χ1v) is 5.41. The fourth-order valence-corrected chi connectivity index (χ4v) is 2.06. The van der Waals surface area contributed by atoms with Gasteiger partial charge in [-0.25, -0.2) is 0 Å². The second-order valence-electron chi connectivity index (χ2n) is 4.45. The summed E-state index contributed by atoms with van der Waals surface area (Å²) < 4.78 is 1.72. The van der Waals surface area contributed by atoms with E-state index in [0.717, 1.165) is 31.7 Å². The highest BCUT2D eigenvalue weighted by Crippen LogP contribution is 2.17. The minimum atomic E-state index is -0.136. The van der Waals surface area contributed by atoms with E-state index in [0.29, 0.717) is 5.92 Å². The summed E-state index contributed by atoms with van der Waals surface area (Å²) in [5.74, 6) is 0.357. The highest BCUT2D eigenvalue weighted by atomic mass is 16.3. The number of aliphatic hydroxyl groups excluding tert-OH is 1. The predicted octanol–water partition coefficient (Wildman–Crippen LogP) is 0.0178. The molecule has 2 rings (SSSR count). The molecular formula is C10H18N4O. The van der Waals surface area contributed by atoms with Crippen LogP contribution in [0.5, 0.6) is 0 Å². The number of piperidine rings is 1. The van der Waals surface area contributed by atoms with Crippen LogP contribution in [0.15, 0.2) is 6.20 Å². The van der Waals surface area contributed by atoms with Crippen molar-refractivity contribution in [3.63, 3.8) is 0 Å². The van der Waals surface area contributed by atoms with Crippen LogP contribution in [0.25, 0.3) is 0 Å². The molecule has 0 radical (unpaired) electrons. The molecule has 1 aliphatic heterocycles. The van der Waals surface area contributed by atoms with Gasteiger partial charge in [0, 0.05) is 32.9 Å². The fourth-order valence-electron chi connectivity index (χ4n) is 2.06. The van der Waals surface area contributed by atoms with E-state index in [2.05, 4.69) is 22.1 Å². The highest BCUT2D eigenvalue weighted by Gasteiger charge is 2.24. The zero-order valence-corrected chi connectivity index (χ0v) is 9.30. The number of likely N-dealkylation sites (tertiary alicyclic amines) is 1. The minimum Gasteiger partial charge on any atom is -0.393 e. The van der Waals surface area contributed by atoms with Gasteiger partial charge in [0.1, 0.15) is 0 Å². The fraction of sp³-hybridized carbons (Fsp3) is 0.800. The van der Waals surface area contributed by atoms with Gasteiger partial charge in [0.15, 0.2) is 0 Å². The van der Waals surface area contributed by atoms with Crippen LogP contribution < -0.4 is 0 Å². The Morgan fingerprint density at radius 2 is 2.40 bits per heavy atom. The SMILES string of the molecule is CC1CN(Cc2cn(C)nn2)CCC1O. The van der Waals surface area contributed by atoms with Gasteiger partial charge in [-0.1, -0.05) is 12.1 Å². The Kier molecular flexibility index (Phi) is 3.02. The second kappa shape index (κ2) is 4.28. The third-order valence-electron chi connectivity index (χ3n) is 2.98. The van der Waals surface area contributed by atoms with Crippen LogP contribution in [-0.2, 0) is 13.6 Å². The monoisotopic (exact) mass is 210 g/mol. The van der Waals surface area contributed by atoms with Crippen LogP contribution in [0.1, 0.15) is 19.0 Å². The van der Waals surface area contributed by atoms with Gasteiger partial charge in [-0.05, 0) is 12.3 Å². The van der Waals surface area contributed by atoms with Gasteiger partial charge in [-0.2, -0.15) is 0 Å². The van der Waals surface area contributed by atoms with Crippen LogP contribution >= 0.6 is 0 Å². The largest absolute Gasteiger partial charge is 0.393 e. The molecule has 1 aromatic rings. The summed E-state index contributed by atoms with van der Waals surface area (Å²) >= 11 is 0. The van der Waals surface area contributed by atoms with Crippen molar-refractivity contribution in [3.8, 4) is 0 Å². The third-order valence-corrected chi connectivity index (χ3v) is 2.98. The Morgan fingerprint density at radius 1 is 1.60 bits per heavy atom. The molecule has 2 atom stereocenters. The van der Waals surface area contributed by atoms with E-state index >= 15 is 0 Å². The van der Waals surface area contributed by atoms with Crippen LogP contribution in [-0.4, -0.2) is 44.2 Å². The van der Waals surface area contributed by atoms with E-state index < -0.39 is 0 Å². The molecule has 15 heavy (non-hydrogen) atoms. The number of nitrogens with zero attached hydrogens (tertiary/aromatic N) is 4. The number of hydrogen-bond donors (Lipinski definition) is 1. The smallest absolute Gasteiger partial charge is 0.0967 e. The van der Waals surface area contributed by atoms with E-state index in [1.165, 1.54) is 0 Å². The summed E-state index contributed by atoms with van der Waals surface area (Å²) in [5.41, 5.74) is 1.00. The Balaban J connectivity index is 1.90. The molecule has 1 aliphatic rings. The lowest BCUT2D eigenvalue weighted by atomic mass is 9.97. The van der Waals surface area contributed by atoms with Crippen molar-refractivity contribution < 1.29 is 5.11 Å². The van der Waals surface area contributed by atoms with E-state index in [-0.39, 0.29) is 6.10 Å². The van der Waals surface area contributed by atoms with Crippen molar-refractivity contribution in [2.45, 2.75) is 26.0 Å². The molecule has 0 amide bonds. The molecular weight excluding hydrogens is 192 g/mol. The Hall–Kier alpha value is -0.940. The van der Waals surface area contributed by atoms with E-state index in [4.69, 9.17) is 0 Å². The van der Waals surface area contributed by atoms with Gasteiger partial charge in [0.2, 0.25) is 0 Å². The zero-order valence-electron chi connectivity index (χ0n) is 9.30. The normalized spacial score (nSPS) is 28.2. The maximum atomic E-state index is 9.61. The highest BCUT2D eigenvalue weighted by molar-refractivity contribution is 4.93. The van der Waals surface area contributed by atoms with Crippen LogP contribution in [0.4, 0.5) is 0 Å². The number of aryl methyl sites for hydroxylation is 1. The summed E-state index contributed by atoms with van der Waals surface area (Å²) in [5, 5.41) is 17.6. The first kappa shape index (κ1) is 10.6. The average Bonchev–Trinajstić information content (AvgIpc) is 2.58.